The summed E-state index contributed by atoms with van der Waals surface area (Å²) in [6.07, 6.45) is -0.665. The van der Waals surface area contributed by atoms with E-state index in [-0.39, 0.29) is 13.5 Å². The zero-order valence-electron chi connectivity index (χ0n) is 8.42. The Bertz CT molecular complexity index is 204. The van der Waals surface area contributed by atoms with Crippen molar-refractivity contribution in [3.05, 3.63) is 0 Å². The highest BCUT2D eigenvalue weighted by Gasteiger charge is 2.15. The summed E-state index contributed by atoms with van der Waals surface area (Å²) in [4.78, 5) is 21.3. The minimum atomic E-state index is -0.697. The monoisotopic (exact) mass is 199 g/mol. The summed E-state index contributed by atoms with van der Waals surface area (Å²) in [7, 11) is 2.43. The summed E-state index contributed by atoms with van der Waals surface area (Å²) < 4.78 is 9.41. The second-order valence-electron chi connectivity index (χ2n) is 2.38. The molecule has 10 heteroatoms. The number of carbonyl (C=O) groups excluding carboxylic acids is 2. The molecule has 0 aliphatic carbocycles. The van der Waals surface area contributed by atoms with E-state index in [2.05, 4.69) is 20.6 Å². The highest BCUT2D eigenvalue weighted by atomic mass is 16.7. The molecule has 0 aliphatic heterocycles. The molecular weight excluding hydrogens is 186 g/mol. The van der Waals surface area contributed by atoms with Crippen LogP contribution in [0.15, 0.2) is 0 Å². The Kier molecular flexibility index (Phi) is 6.68. The van der Waals surface area contributed by atoms with Gasteiger partial charge in [0.25, 0.3) is 0 Å². The normalized spacial score (nSPS) is 8.71. The van der Waals surface area contributed by atoms with Crippen LogP contribution >= 0.6 is 0 Å². The fourth-order valence-electron chi connectivity index (χ4n) is 0.623. The van der Waals surface area contributed by atoms with Crippen LogP contribution in [-0.4, -0.2) is 41.3 Å². The van der Waals surface area contributed by atoms with Crippen molar-refractivity contribution in [2.75, 3.05) is 7.05 Å². The molecule has 0 saturated heterocycles. The van der Waals surface area contributed by atoms with Crippen molar-refractivity contribution in [3.63, 3.8) is 0 Å². The summed E-state index contributed by atoms with van der Waals surface area (Å²) in [6.45, 7) is 1.35. The molecule has 0 unspecified atom stereocenters. The van der Waals surface area contributed by atoms with Gasteiger partial charge in [0, 0.05) is 14.0 Å². The van der Waals surface area contributed by atoms with Crippen LogP contribution in [0, 0.1) is 0 Å². The second-order valence-corrected chi connectivity index (χ2v) is 2.38. The van der Waals surface area contributed by atoms with Crippen molar-refractivity contribution in [3.8, 4) is 0 Å². The van der Waals surface area contributed by atoms with Crippen molar-refractivity contribution in [2.45, 2.75) is 6.92 Å². The summed E-state index contributed by atoms with van der Waals surface area (Å²) in [5.41, 5.74) is 2.37. The molecule has 0 aliphatic rings. The molecular formula is C4H12B3N3O4. The third-order valence-corrected chi connectivity index (χ3v) is 1.13. The average molecular weight is 199 g/mol. The summed E-state index contributed by atoms with van der Waals surface area (Å²) in [5, 5.41) is 4.68. The molecule has 0 aromatic rings. The van der Waals surface area contributed by atoms with Crippen molar-refractivity contribution < 1.29 is 19.0 Å². The maximum atomic E-state index is 10.9. The maximum absolute atomic E-state index is 10.9. The van der Waals surface area contributed by atoms with E-state index >= 15 is 0 Å². The van der Waals surface area contributed by atoms with Crippen LogP contribution in [0.2, 0.25) is 0 Å². The topological polar surface area (TPSA) is 88.7 Å². The van der Waals surface area contributed by atoms with Gasteiger partial charge < -0.3 is 19.9 Å². The summed E-state index contributed by atoms with van der Waals surface area (Å²) >= 11 is 0. The van der Waals surface area contributed by atoms with Crippen LogP contribution < -0.4 is 15.9 Å². The third kappa shape index (κ3) is 7.50. The van der Waals surface area contributed by atoms with Gasteiger partial charge in [0.2, 0.25) is 5.91 Å². The van der Waals surface area contributed by atoms with E-state index in [9.17, 15) is 9.59 Å². The smallest absolute Gasteiger partial charge is 0.482 e. The van der Waals surface area contributed by atoms with Gasteiger partial charge in [-0.15, -0.1) is 0 Å². The van der Waals surface area contributed by atoms with E-state index in [0.29, 0.717) is 0 Å². The highest BCUT2D eigenvalue weighted by Crippen LogP contribution is 1.81. The van der Waals surface area contributed by atoms with Crippen molar-refractivity contribution in [2.24, 2.45) is 0 Å². The van der Waals surface area contributed by atoms with Crippen LogP contribution in [0.5, 0.6) is 0 Å². The lowest BCUT2D eigenvalue weighted by atomic mass is 9.63. The van der Waals surface area contributed by atoms with E-state index in [1.165, 1.54) is 6.92 Å². The molecule has 14 heavy (non-hydrogen) atoms. The van der Waals surface area contributed by atoms with Gasteiger partial charge >= 0.3 is 20.7 Å². The lowest BCUT2D eigenvalue weighted by molar-refractivity contribution is -0.117. The minimum absolute atomic E-state index is 0.0282. The summed E-state index contributed by atoms with van der Waals surface area (Å²) in [5.74, 6) is -0.232. The Balaban J connectivity index is 3.50. The van der Waals surface area contributed by atoms with Gasteiger partial charge in [-0.3, -0.25) is 4.79 Å². The molecule has 2 amide bonds. The van der Waals surface area contributed by atoms with Crippen LogP contribution in [0.3, 0.4) is 0 Å². The molecule has 0 radical (unpaired) electrons. The first-order valence-corrected chi connectivity index (χ1v) is 4.07. The number of rotatable bonds is 5. The number of amides is 2. The first kappa shape index (κ1) is 12.9. The fourth-order valence-corrected chi connectivity index (χ4v) is 0.623. The van der Waals surface area contributed by atoms with E-state index in [1.807, 2.05) is 0 Å². The third-order valence-electron chi connectivity index (χ3n) is 1.13. The predicted octanol–water partition coefficient (Wildman–Crippen LogP) is -3.12. The predicted molar refractivity (Wildman–Crippen MR) is 55.0 cm³/mol. The average Bonchev–Trinajstić information content (AvgIpc) is 2.03. The van der Waals surface area contributed by atoms with Gasteiger partial charge in [-0.1, -0.05) is 0 Å². The van der Waals surface area contributed by atoms with Crippen molar-refractivity contribution in [1.82, 2.24) is 15.9 Å². The molecule has 0 spiro atoms. The molecule has 0 fully saturated rings. The number of hydrogen-bond donors (Lipinski definition) is 3. The Labute approximate surface area is 84.0 Å². The molecule has 0 aromatic carbocycles. The first-order chi connectivity index (χ1) is 6.56. The number of nitrogens with one attached hydrogen (secondary N) is 3. The first-order valence-electron chi connectivity index (χ1n) is 4.07. The standard InChI is InChI=1S/C4H12B3N3O4/c1-3(11)9-6-10-4(12)13-7(5)14-8-2/h6,8H,5H2,1-2H3,(H,9,11)(H,10,12). The van der Waals surface area contributed by atoms with Crippen LogP contribution in [0.25, 0.3) is 0 Å². The lowest BCUT2D eigenvalue weighted by Gasteiger charge is -2.10. The quantitative estimate of drug-likeness (QED) is 0.321. The van der Waals surface area contributed by atoms with Gasteiger partial charge in [0.1, 0.15) is 0 Å². The van der Waals surface area contributed by atoms with Crippen molar-refractivity contribution >= 4 is 34.3 Å². The Hall–Kier alpha value is -1.15. The van der Waals surface area contributed by atoms with Gasteiger partial charge in [-0.25, -0.2) is 10.3 Å². The SMILES string of the molecule is BB(ONC)OC(=O)NBNC(C)=O. The van der Waals surface area contributed by atoms with Gasteiger partial charge in [-0.05, 0) is 0 Å². The van der Waals surface area contributed by atoms with Crippen molar-refractivity contribution in [1.29, 1.82) is 0 Å². The number of hydrogen-bond acceptors (Lipinski definition) is 5. The Morgan fingerprint density at radius 1 is 1.43 bits per heavy atom. The lowest BCUT2D eigenvalue weighted by Crippen LogP contribution is -2.43. The number of hydroxylamine groups is 1. The fraction of sp³-hybridized carbons (Fsp3) is 0.500. The molecule has 0 atom stereocenters. The Morgan fingerprint density at radius 2 is 2.07 bits per heavy atom. The highest BCUT2D eigenvalue weighted by molar-refractivity contribution is 6.96. The zero-order valence-corrected chi connectivity index (χ0v) is 8.42. The molecule has 0 heterocycles. The zero-order chi connectivity index (χ0) is 11.0. The van der Waals surface area contributed by atoms with Crippen LogP contribution in [0.1, 0.15) is 6.92 Å². The molecule has 0 saturated carbocycles. The largest absolute Gasteiger partial charge is 0.500 e. The molecule has 0 rings (SSSR count). The molecule has 3 N–H and O–H groups in total. The van der Waals surface area contributed by atoms with Crippen LogP contribution in [0.4, 0.5) is 4.79 Å². The van der Waals surface area contributed by atoms with Gasteiger partial charge in [-0.2, -0.15) is 0 Å². The van der Waals surface area contributed by atoms with E-state index in [4.69, 9.17) is 4.76 Å². The maximum Gasteiger partial charge on any atom is 0.482 e. The summed E-state index contributed by atoms with van der Waals surface area (Å²) in [6, 6.07) is 0. The molecule has 0 aromatic heterocycles. The van der Waals surface area contributed by atoms with Crippen LogP contribution in [-0.2, 0) is 14.2 Å². The second kappa shape index (κ2) is 7.28. The van der Waals surface area contributed by atoms with Gasteiger partial charge in [0.05, 0.1) is 0 Å². The van der Waals surface area contributed by atoms with E-state index < -0.39 is 13.1 Å². The number of carbonyl (C=O) groups is 2. The molecule has 76 valence electrons. The van der Waals surface area contributed by atoms with E-state index in [1.54, 1.807) is 14.8 Å². The Morgan fingerprint density at radius 3 is 2.57 bits per heavy atom. The van der Waals surface area contributed by atoms with Gasteiger partial charge in [0.15, 0.2) is 7.74 Å². The minimum Gasteiger partial charge on any atom is -0.500 e. The molecule has 7 nitrogen and oxygen atoms in total. The molecule has 0 bridgehead atoms. The van der Waals surface area contributed by atoms with E-state index in [0.717, 1.165) is 0 Å².